The minimum absolute atomic E-state index is 0.00183. The first-order valence-corrected chi connectivity index (χ1v) is 9.78. The Kier molecular flexibility index (Phi) is 6.10. The topological polar surface area (TPSA) is 60.9 Å². The zero-order valence-corrected chi connectivity index (χ0v) is 16.3. The van der Waals surface area contributed by atoms with Crippen molar-refractivity contribution < 1.29 is 14.7 Å². The highest BCUT2D eigenvalue weighted by atomic mass is 35.5. The summed E-state index contributed by atoms with van der Waals surface area (Å²) in [4.78, 5) is 27.6. The van der Waals surface area contributed by atoms with Gasteiger partial charge in [-0.2, -0.15) is 0 Å². The van der Waals surface area contributed by atoms with E-state index in [4.69, 9.17) is 28.3 Å². The number of likely N-dealkylation sites (N-methyl/N-ethyl adjacent to an activating group) is 1. The molecule has 0 aromatic heterocycles. The summed E-state index contributed by atoms with van der Waals surface area (Å²) in [5, 5.41) is 10.2. The van der Waals surface area contributed by atoms with Crippen molar-refractivity contribution in [2.45, 2.75) is 37.6 Å². The molecular weight excluding hydrogens is 375 g/mol. The average Bonchev–Trinajstić information content (AvgIpc) is 3.37. The molecule has 3 atom stereocenters. The van der Waals surface area contributed by atoms with Crippen LogP contribution >= 0.6 is 23.2 Å². The molecule has 3 unspecified atom stereocenters. The van der Waals surface area contributed by atoms with Crippen molar-refractivity contribution in [3.05, 3.63) is 33.8 Å². The molecule has 1 heterocycles. The number of amides is 1. The molecule has 2 fully saturated rings. The second kappa shape index (κ2) is 8.15. The first-order valence-electron chi connectivity index (χ1n) is 9.02. The fourth-order valence-electron chi connectivity index (χ4n) is 3.93. The molecule has 1 saturated heterocycles. The number of hydrogen-bond acceptors (Lipinski definition) is 3. The van der Waals surface area contributed by atoms with Crippen LogP contribution in [0.1, 0.15) is 37.2 Å². The third-order valence-electron chi connectivity index (χ3n) is 5.49. The largest absolute Gasteiger partial charge is 0.480 e. The molecule has 0 radical (unpaired) electrons. The molecule has 1 aliphatic heterocycles. The Morgan fingerprint density at radius 1 is 1.27 bits per heavy atom. The number of carbonyl (C=O) groups excluding carboxylic acids is 1. The van der Waals surface area contributed by atoms with Gasteiger partial charge in [-0.25, -0.2) is 0 Å². The number of carboxylic acid groups (broad SMARTS) is 1. The summed E-state index contributed by atoms with van der Waals surface area (Å²) in [5.41, 5.74) is 1.00. The molecule has 1 amide bonds. The van der Waals surface area contributed by atoms with E-state index in [1.165, 1.54) is 0 Å². The van der Waals surface area contributed by atoms with Crippen molar-refractivity contribution in [3.63, 3.8) is 0 Å². The van der Waals surface area contributed by atoms with Crippen LogP contribution in [0.4, 0.5) is 0 Å². The Morgan fingerprint density at radius 2 is 2.04 bits per heavy atom. The summed E-state index contributed by atoms with van der Waals surface area (Å²) in [6, 6.07) is 5.68. The van der Waals surface area contributed by atoms with Crippen LogP contribution < -0.4 is 0 Å². The molecule has 142 valence electrons. The summed E-state index contributed by atoms with van der Waals surface area (Å²) in [6.07, 6.45) is 3.47. The second-order valence-electron chi connectivity index (χ2n) is 7.33. The number of benzene rings is 1. The number of carboxylic acids is 1. The molecule has 1 saturated carbocycles. The van der Waals surface area contributed by atoms with Crippen LogP contribution in [0.2, 0.25) is 10.0 Å². The fourth-order valence-corrected chi connectivity index (χ4v) is 4.48. The highest BCUT2D eigenvalue weighted by Gasteiger charge is 2.46. The van der Waals surface area contributed by atoms with Crippen molar-refractivity contribution >= 4 is 35.1 Å². The molecule has 0 bridgehead atoms. The second-order valence-corrected chi connectivity index (χ2v) is 8.18. The van der Waals surface area contributed by atoms with E-state index in [1.54, 1.807) is 6.07 Å². The van der Waals surface area contributed by atoms with E-state index in [-0.39, 0.29) is 30.3 Å². The van der Waals surface area contributed by atoms with Gasteiger partial charge < -0.3 is 10.0 Å². The maximum absolute atomic E-state index is 12.9. The standard InChI is InChI=1S/C19H24Cl2N2O3/c1-22(11-18(24)25)13-3-2-7-23(8-6-13)19(26)16-10-15(16)14-5-4-12(20)9-17(14)21/h4-5,9,13,15-16H,2-3,6-8,10-11H2,1H3,(H,24,25). The molecule has 2 aliphatic rings. The van der Waals surface area contributed by atoms with Crippen molar-refractivity contribution in [1.29, 1.82) is 0 Å². The number of nitrogens with zero attached hydrogens (tertiary/aromatic N) is 2. The predicted octanol–water partition coefficient (Wildman–Crippen LogP) is 3.49. The van der Waals surface area contributed by atoms with Crippen molar-refractivity contribution in [2.24, 2.45) is 5.92 Å². The molecule has 26 heavy (non-hydrogen) atoms. The van der Waals surface area contributed by atoms with Gasteiger partial charge in [0.15, 0.2) is 0 Å². The summed E-state index contributed by atoms with van der Waals surface area (Å²) in [7, 11) is 1.84. The SMILES string of the molecule is CN(CC(=O)O)C1CCCN(C(=O)C2CC2c2ccc(Cl)cc2Cl)CC1. The van der Waals surface area contributed by atoms with Gasteiger partial charge in [-0.15, -0.1) is 0 Å². The van der Waals surface area contributed by atoms with E-state index < -0.39 is 5.97 Å². The average molecular weight is 399 g/mol. The quantitative estimate of drug-likeness (QED) is 0.824. The van der Waals surface area contributed by atoms with E-state index in [2.05, 4.69) is 0 Å². The normalized spacial score (nSPS) is 25.8. The van der Waals surface area contributed by atoms with Crippen molar-refractivity contribution in [2.75, 3.05) is 26.7 Å². The van der Waals surface area contributed by atoms with Gasteiger partial charge >= 0.3 is 5.97 Å². The number of carbonyl (C=O) groups is 2. The summed E-state index contributed by atoms with van der Waals surface area (Å²) < 4.78 is 0. The molecular formula is C19H24Cl2N2O3. The zero-order chi connectivity index (χ0) is 18.8. The van der Waals surface area contributed by atoms with Crippen LogP contribution in [-0.2, 0) is 9.59 Å². The maximum Gasteiger partial charge on any atom is 0.317 e. The third-order valence-corrected chi connectivity index (χ3v) is 6.05. The Morgan fingerprint density at radius 3 is 2.73 bits per heavy atom. The van der Waals surface area contributed by atoms with Crippen LogP contribution in [0, 0.1) is 5.92 Å². The van der Waals surface area contributed by atoms with E-state index in [9.17, 15) is 9.59 Å². The molecule has 1 N–H and O–H groups in total. The summed E-state index contributed by atoms with van der Waals surface area (Å²) in [5.74, 6) is -0.434. The van der Waals surface area contributed by atoms with Crippen LogP contribution in [0.15, 0.2) is 18.2 Å². The number of rotatable bonds is 5. The molecule has 1 aromatic carbocycles. The first-order chi connectivity index (χ1) is 12.4. The lowest BCUT2D eigenvalue weighted by molar-refractivity contribution is -0.138. The Balaban J connectivity index is 1.57. The fraction of sp³-hybridized carbons (Fsp3) is 0.579. The lowest BCUT2D eigenvalue weighted by Crippen LogP contribution is -2.37. The van der Waals surface area contributed by atoms with Crippen molar-refractivity contribution in [1.82, 2.24) is 9.80 Å². The molecule has 1 aromatic rings. The summed E-state index contributed by atoms with van der Waals surface area (Å²) >= 11 is 12.2. The molecule has 5 nitrogen and oxygen atoms in total. The lowest BCUT2D eigenvalue weighted by Gasteiger charge is -2.25. The summed E-state index contributed by atoms with van der Waals surface area (Å²) in [6.45, 7) is 1.47. The Bertz CT molecular complexity index is 697. The van der Waals surface area contributed by atoms with Crippen LogP contribution in [-0.4, -0.2) is 59.5 Å². The van der Waals surface area contributed by atoms with E-state index >= 15 is 0 Å². The minimum atomic E-state index is -0.814. The Hall–Kier alpha value is -1.30. The molecule has 3 rings (SSSR count). The first kappa shape index (κ1) is 19.5. The monoisotopic (exact) mass is 398 g/mol. The van der Waals surface area contributed by atoms with Gasteiger partial charge in [0, 0.05) is 35.1 Å². The number of aliphatic carboxylic acids is 1. The number of likely N-dealkylation sites (tertiary alicyclic amines) is 1. The minimum Gasteiger partial charge on any atom is -0.480 e. The van der Waals surface area contributed by atoms with E-state index in [0.29, 0.717) is 16.6 Å². The van der Waals surface area contributed by atoms with Gasteiger partial charge in [0.1, 0.15) is 0 Å². The van der Waals surface area contributed by atoms with E-state index in [1.807, 2.05) is 29.0 Å². The van der Waals surface area contributed by atoms with Gasteiger partial charge in [0.05, 0.1) is 6.54 Å². The molecule has 1 aliphatic carbocycles. The zero-order valence-electron chi connectivity index (χ0n) is 14.8. The van der Waals surface area contributed by atoms with Crippen LogP contribution in [0.5, 0.6) is 0 Å². The Labute approximate surface area is 163 Å². The molecule has 0 spiro atoms. The number of hydrogen-bond donors (Lipinski definition) is 1. The number of halogens is 2. The van der Waals surface area contributed by atoms with Crippen LogP contribution in [0.25, 0.3) is 0 Å². The highest BCUT2D eigenvalue weighted by molar-refractivity contribution is 6.35. The third kappa shape index (κ3) is 4.51. The maximum atomic E-state index is 12.9. The van der Waals surface area contributed by atoms with Gasteiger partial charge in [0.25, 0.3) is 0 Å². The van der Waals surface area contributed by atoms with Gasteiger partial charge in [-0.1, -0.05) is 29.3 Å². The van der Waals surface area contributed by atoms with E-state index in [0.717, 1.165) is 37.8 Å². The van der Waals surface area contributed by atoms with Crippen LogP contribution in [0.3, 0.4) is 0 Å². The highest BCUT2D eigenvalue weighted by Crippen LogP contribution is 2.51. The smallest absolute Gasteiger partial charge is 0.317 e. The van der Waals surface area contributed by atoms with Gasteiger partial charge in [-0.05, 0) is 56.3 Å². The van der Waals surface area contributed by atoms with Gasteiger partial charge in [-0.3, -0.25) is 14.5 Å². The molecule has 7 heteroatoms. The van der Waals surface area contributed by atoms with Gasteiger partial charge in [0.2, 0.25) is 5.91 Å². The van der Waals surface area contributed by atoms with Crippen molar-refractivity contribution in [3.8, 4) is 0 Å². The lowest BCUT2D eigenvalue weighted by atomic mass is 10.1. The predicted molar refractivity (Wildman–Crippen MR) is 102 cm³/mol.